The molecule has 3 aliphatic rings. The Morgan fingerprint density at radius 3 is 2.67 bits per heavy atom. The summed E-state index contributed by atoms with van der Waals surface area (Å²) in [5, 5.41) is 32.9. The van der Waals surface area contributed by atoms with Crippen molar-refractivity contribution in [2.24, 2.45) is 16.7 Å². The fourth-order valence-electron chi connectivity index (χ4n) is 5.73. The van der Waals surface area contributed by atoms with E-state index in [1.807, 2.05) is 0 Å². The quantitative estimate of drug-likeness (QED) is 0.384. The van der Waals surface area contributed by atoms with Crippen LogP contribution >= 0.6 is 0 Å². The van der Waals surface area contributed by atoms with Gasteiger partial charge in [-0.1, -0.05) is 40.5 Å². The maximum atomic E-state index is 12.4. The van der Waals surface area contributed by atoms with Crippen molar-refractivity contribution in [1.29, 1.82) is 0 Å². The summed E-state index contributed by atoms with van der Waals surface area (Å²) < 4.78 is 11.2. The van der Waals surface area contributed by atoms with Gasteiger partial charge in [-0.25, -0.2) is 0 Å². The van der Waals surface area contributed by atoms with E-state index in [-0.39, 0.29) is 23.9 Å². The summed E-state index contributed by atoms with van der Waals surface area (Å²) in [6, 6.07) is 0. The molecule has 0 spiro atoms. The first kappa shape index (κ1) is 20.8. The molecule has 3 N–H and O–H groups in total. The number of hydrogen-bond acceptors (Lipinski definition) is 6. The first-order valence-electron chi connectivity index (χ1n) is 10.2. The maximum absolute atomic E-state index is 12.4. The summed E-state index contributed by atoms with van der Waals surface area (Å²) in [5.74, 6) is -0.595. The van der Waals surface area contributed by atoms with E-state index in [9.17, 15) is 20.1 Å². The maximum Gasteiger partial charge on any atom is 0.306 e. The standard InChI is InChI=1S/C21H34O6/c1-5-6-7-8-16(23)27-14-11-13-12-26-18(24)21(13,25)20(4)15(22)9-10-19(2,3)17(14)20/h11,14-15,17-18,22,24-25H,5-10,12H2,1-4H3/t14-,15+,17-,18-,20+,21-/m1/s1. The van der Waals surface area contributed by atoms with Gasteiger partial charge in [0.15, 0.2) is 6.29 Å². The molecule has 1 aliphatic heterocycles. The predicted octanol–water partition coefficient (Wildman–Crippen LogP) is 2.30. The van der Waals surface area contributed by atoms with Crippen molar-refractivity contribution < 1.29 is 29.6 Å². The average molecular weight is 382 g/mol. The van der Waals surface area contributed by atoms with Crippen molar-refractivity contribution in [3.63, 3.8) is 0 Å². The number of carbonyl (C=O) groups is 1. The van der Waals surface area contributed by atoms with Crippen LogP contribution in [0.4, 0.5) is 0 Å². The van der Waals surface area contributed by atoms with Crippen LogP contribution in [0, 0.1) is 16.7 Å². The van der Waals surface area contributed by atoms with E-state index >= 15 is 0 Å². The number of hydrogen-bond donors (Lipinski definition) is 3. The van der Waals surface area contributed by atoms with Gasteiger partial charge in [-0.3, -0.25) is 4.79 Å². The van der Waals surface area contributed by atoms with Gasteiger partial charge in [-0.2, -0.15) is 0 Å². The van der Waals surface area contributed by atoms with Crippen LogP contribution in [0.3, 0.4) is 0 Å². The van der Waals surface area contributed by atoms with Gasteiger partial charge in [0.2, 0.25) is 0 Å². The topological polar surface area (TPSA) is 96.2 Å². The molecule has 1 saturated heterocycles. The van der Waals surface area contributed by atoms with Crippen LogP contribution in [0.2, 0.25) is 0 Å². The van der Waals surface area contributed by atoms with E-state index in [0.29, 0.717) is 18.4 Å². The fourth-order valence-corrected chi connectivity index (χ4v) is 5.73. The fraction of sp³-hybridized carbons (Fsp3) is 0.857. The summed E-state index contributed by atoms with van der Waals surface area (Å²) >= 11 is 0. The van der Waals surface area contributed by atoms with Crippen LogP contribution in [0.15, 0.2) is 11.6 Å². The van der Waals surface area contributed by atoms with Crippen LogP contribution in [-0.4, -0.2) is 52.0 Å². The molecule has 1 heterocycles. The summed E-state index contributed by atoms with van der Waals surface area (Å²) in [5.41, 5.74) is -2.55. The summed E-state index contributed by atoms with van der Waals surface area (Å²) in [6.45, 7) is 8.10. The Kier molecular flexibility index (Phi) is 5.49. The lowest BCUT2D eigenvalue weighted by molar-refractivity contribution is -0.272. The molecule has 2 aliphatic carbocycles. The van der Waals surface area contributed by atoms with Gasteiger partial charge >= 0.3 is 5.97 Å². The zero-order valence-electron chi connectivity index (χ0n) is 16.9. The van der Waals surface area contributed by atoms with E-state index in [1.54, 1.807) is 13.0 Å². The first-order valence-corrected chi connectivity index (χ1v) is 10.2. The second-order valence-electron chi connectivity index (χ2n) is 9.34. The van der Waals surface area contributed by atoms with Crippen molar-refractivity contribution in [3.05, 3.63) is 11.6 Å². The van der Waals surface area contributed by atoms with Crippen LogP contribution < -0.4 is 0 Å². The van der Waals surface area contributed by atoms with Gasteiger partial charge in [0, 0.05) is 17.8 Å². The van der Waals surface area contributed by atoms with Gasteiger partial charge in [-0.15, -0.1) is 0 Å². The van der Waals surface area contributed by atoms with Crippen LogP contribution in [0.1, 0.15) is 66.2 Å². The Balaban J connectivity index is 1.99. The van der Waals surface area contributed by atoms with E-state index in [4.69, 9.17) is 9.47 Å². The number of aliphatic hydroxyl groups excluding tert-OH is 2. The normalized spacial score (nSPS) is 42.9. The van der Waals surface area contributed by atoms with Gasteiger partial charge in [0.05, 0.1) is 12.7 Å². The third-order valence-electron chi connectivity index (χ3n) is 7.25. The zero-order valence-corrected chi connectivity index (χ0v) is 16.9. The molecule has 0 aromatic rings. The van der Waals surface area contributed by atoms with Crippen molar-refractivity contribution >= 4 is 5.97 Å². The Bertz CT molecular complexity index is 614. The van der Waals surface area contributed by atoms with E-state index < -0.39 is 29.5 Å². The van der Waals surface area contributed by atoms with Crippen molar-refractivity contribution in [2.45, 2.75) is 90.3 Å². The highest BCUT2D eigenvalue weighted by atomic mass is 16.6. The molecular weight excluding hydrogens is 348 g/mol. The average Bonchev–Trinajstić information content (AvgIpc) is 2.88. The zero-order chi connectivity index (χ0) is 20.0. The van der Waals surface area contributed by atoms with E-state index in [2.05, 4.69) is 20.8 Å². The van der Waals surface area contributed by atoms with Gasteiger partial charge in [-0.05, 0) is 36.3 Å². The minimum absolute atomic E-state index is 0.0665. The third-order valence-corrected chi connectivity index (χ3v) is 7.25. The smallest absolute Gasteiger partial charge is 0.306 e. The molecule has 6 nitrogen and oxygen atoms in total. The molecule has 3 rings (SSSR count). The molecule has 0 amide bonds. The van der Waals surface area contributed by atoms with Crippen molar-refractivity contribution in [1.82, 2.24) is 0 Å². The number of carbonyl (C=O) groups excluding carboxylic acids is 1. The number of rotatable bonds is 5. The van der Waals surface area contributed by atoms with Crippen molar-refractivity contribution in [2.75, 3.05) is 6.61 Å². The highest BCUT2D eigenvalue weighted by Crippen LogP contribution is 2.63. The Labute approximate surface area is 161 Å². The minimum Gasteiger partial charge on any atom is -0.458 e. The summed E-state index contributed by atoms with van der Waals surface area (Å²) in [4.78, 5) is 12.4. The molecular formula is C21H34O6. The number of aliphatic hydroxyl groups is 3. The highest BCUT2D eigenvalue weighted by molar-refractivity contribution is 5.70. The number of ether oxygens (including phenoxy) is 2. The van der Waals surface area contributed by atoms with Crippen molar-refractivity contribution in [3.8, 4) is 0 Å². The molecule has 6 atom stereocenters. The van der Waals surface area contributed by atoms with E-state index in [1.165, 1.54) is 0 Å². The molecule has 154 valence electrons. The minimum atomic E-state index is -1.68. The molecule has 0 aromatic carbocycles. The Morgan fingerprint density at radius 2 is 2.00 bits per heavy atom. The van der Waals surface area contributed by atoms with Crippen LogP contribution in [0.25, 0.3) is 0 Å². The third kappa shape index (κ3) is 3.05. The summed E-state index contributed by atoms with van der Waals surface area (Å²) in [6.07, 6.45) is 3.38. The lowest BCUT2D eigenvalue weighted by atomic mass is 9.45. The Hall–Kier alpha value is -0.950. The lowest BCUT2D eigenvalue weighted by Gasteiger charge is -2.62. The molecule has 0 aromatic heterocycles. The molecule has 1 saturated carbocycles. The molecule has 2 fully saturated rings. The van der Waals surface area contributed by atoms with Gasteiger partial charge in [0.1, 0.15) is 11.7 Å². The number of esters is 1. The SMILES string of the molecule is CCCCCC(=O)O[C@@H]1C=C2CO[C@@H](O)[C@@]2(O)[C@]2(C)[C@H]1C(C)(C)CC[C@@H]2O. The summed E-state index contributed by atoms with van der Waals surface area (Å²) in [7, 11) is 0. The molecule has 0 unspecified atom stereocenters. The number of fused-ring (bicyclic) bond motifs is 3. The second-order valence-corrected chi connectivity index (χ2v) is 9.34. The van der Waals surface area contributed by atoms with Crippen LogP contribution in [-0.2, 0) is 14.3 Å². The first-order chi connectivity index (χ1) is 12.6. The lowest BCUT2D eigenvalue weighted by Crippen LogP contribution is -2.70. The van der Waals surface area contributed by atoms with Crippen LogP contribution in [0.5, 0.6) is 0 Å². The number of unbranched alkanes of at least 4 members (excludes halogenated alkanes) is 2. The highest BCUT2D eigenvalue weighted by Gasteiger charge is 2.71. The van der Waals surface area contributed by atoms with Gasteiger partial charge in [0.25, 0.3) is 0 Å². The molecule has 0 radical (unpaired) electrons. The largest absolute Gasteiger partial charge is 0.458 e. The molecule has 27 heavy (non-hydrogen) atoms. The monoisotopic (exact) mass is 382 g/mol. The predicted molar refractivity (Wildman–Crippen MR) is 99.6 cm³/mol. The Morgan fingerprint density at radius 1 is 1.30 bits per heavy atom. The molecule has 0 bridgehead atoms. The van der Waals surface area contributed by atoms with E-state index in [0.717, 1.165) is 25.7 Å². The molecule has 6 heteroatoms. The van der Waals surface area contributed by atoms with Gasteiger partial charge < -0.3 is 24.8 Å². The second kappa shape index (κ2) is 7.14.